The molecule has 1 unspecified atom stereocenters. The summed E-state index contributed by atoms with van der Waals surface area (Å²) in [4.78, 5) is 18.4. The van der Waals surface area contributed by atoms with Gasteiger partial charge in [-0.25, -0.2) is 4.39 Å². The normalized spacial score (nSPS) is 21.6. The molecule has 2 aromatic carbocycles. The van der Waals surface area contributed by atoms with Gasteiger partial charge in [0.2, 0.25) is 0 Å². The van der Waals surface area contributed by atoms with Crippen LogP contribution in [0.2, 0.25) is 0 Å². The summed E-state index contributed by atoms with van der Waals surface area (Å²) < 4.78 is 19.7. The van der Waals surface area contributed by atoms with E-state index in [9.17, 15) is 9.18 Å². The Morgan fingerprint density at radius 1 is 1.25 bits per heavy atom. The first-order valence-corrected chi connectivity index (χ1v) is 12.0. The molecule has 2 N–H and O–H groups in total. The lowest BCUT2D eigenvalue weighted by atomic mass is 10.0. The second-order valence-corrected chi connectivity index (χ2v) is 9.86. The van der Waals surface area contributed by atoms with E-state index in [1.807, 2.05) is 24.3 Å². The average Bonchev–Trinajstić information content (AvgIpc) is 3.23. The molecule has 3 heterocycles. The van der Waals surface area contributed by atoms with E-state index in [0.29, 0.717) is 17.5 Å². The van der Waals surface area contributed by atoms with Crippen molar-refractivity contribution in [3.8, 4) is 0 Å². The molecule has 0 saturated carbocycles. The Morgan fingerprint density at radius 2 is 2.12 bits per heavy atom. The van der Waals surface area contributed by atoms with Crippen molar-refractivity contribution in [1.82, 2.24) is 4.90 Å². The smallest absolute Gasteiger partial charge is 0.258 e. The number of amides is 1. The SMILES string of the molecule is C[C@H]1CN(c2cccc3cc(F)ccc23)CCN1CCC1OCCc2sc(C(N)=O)cc21. The number of rotatable bonds is 5. The number of carbonyl (C=O) groups excluding carboxylic acids is 1. The maximum Gasteiger partial charge on any atom is 0.258 e. The molecule has 0 spiro atoms. The zero-order valence-electron chi connectivity index (χ0n) is 18.2. The first kappa shape index (κ1) is 21.4. The number of anilines is 1. The number of benzene rings is 2. The zero-order valence-corrected chi connectivity index (χ0v) is 19.0. The van der Waals surface area contributed by atoms with Crippen molar-refractivity contribution in [2.75, 3.05) is 37.7 Å². The second kappa shape index (κ2) is 8.81. The molecule has 2 atom stereocenters. The third kappa shape index (κ3) is 4.12. The fraction of sp³-hybridized carbons (Fsp3) is 0.400. The maximum atomic E-state index is 13.6. The lowest BCUT2D eigenvalue weighted by molar-refractivity contribution is 0.0266. The van der Waals surface area contributed by atoms with Gasteiger partial charge in [0, 0.05) is 54.6 Å². The Labute approximate surface area is 191 Å². The summed E-state index contributed by atoms with van der Waals surface area (Å²) in [7, 11) is 0. The number of hydrogen-bond acceptors (Lipinski definition) is 5. The van der Waals surface area contributed by atoms with Crippen molar-refractivity contribution in [3.63, 3.8) is 0 Å². The van der Waals surface area contributed by atoms with E-state index in [1.54, 1.807) is 6.07 Å². The van der Waals surface area contributed by atoms with Crippen LogP contribution in [-0.2, 0) is 11.2 Å². The first-order chi connectivity index (χ1) is 15.5. The van der Waals surface area contributed by atoms with Crippen molar-refractivity contribution in [2.45, 2.75) is 31.9 Å². The minimum absolute atomic E-state index is 0.0290. The molecule has 2 aliphatic rings. The molecule has 7 heteroatoms. The van der Waals surface area contributed by atoms with E-state index in [4.69, 9.17) is 10.5 Å². The number of ether oxygens (including phenoxy) is 1. The van der Waals surface area contributed by atoms with E-state index in [-0.39, 0.29) is 17.8 Å². The molecule has 5 rings (SSSR count). The molecule has 1 fully saturated rings. The average molecular weight is 454 g/mol. The van der Waals surface area contributed by atoms with Gasteiger partial charge in [-0.1, -0.05) is 12.1 Å². The predicted molar refractivity (Wildman–Crippen MR) is 127 cm³/mol. The van der Waals surface area contributed by atoms with Gasteiger partial charge in [-0.2, -0.15) is 0 Å². The van der Waals surface area contributed by atoms with Crippen LogP contribution in [0.3, 0.4) is 0 Å². The summed E-state index contributed by atoms with van der Waals surface area (Å²) in [5.74, 6) is -0.557. The van der Waals surface area contributed by atoms with Gasteiger partial charge in [0.1, 0.15) is 5.82 Å². The van der Waals surface area contributed by atoms with E-state index in [2.05, 4.69) is 22.8 Å². The zero-order chi connectivity index (χ0) is 22.2. The van der Waals surface area contributed by atoms with Crippen molar-refractivity contribution in [1.29, 1.82) is 0 Å². The van der Waals surface area contributed by atoms with Crippen LogP contribution in [0.5, 0.6) is 0 Å². The van der Waals surface area contributed by atoms with E-state index in [0.717, 1.165) is 55.4 Å². The van der Waals surface area contributed by atoms with Crippen LogP contribution in [-0.4, -0.2) is 49.6 Å². The monoisotopic (exact) mass is 453 g/mol. The number of primary amides is 1. The number of piperazine rings is 1. The largest absolute Gasteiger partial charge is 0.373 e. The fourth-order valence-electron chi connectivity index (χ4n) is 5.00. The number of nitrogens with two attached hydrogens (primary N) is 1. The highest BCUT2D eigenvalue weighted by Gasteiger charge is 2.28. The predicted octanol–water partition coefficient (Wildman–Crippen LogP) is 4.35. The highest BCUT2D eigenvalue weighted by Crippen LogP contribution is 2.36. The van der Waals surface area contributed by atoms with Crippen LogP contribution in [0.15, 0.2) is 42.5 Å². The number of nitrogens with zero attached hydrogens (tertiary/aromatic N) is 2. The molecule has 168 valence electrons. The number of carbonyl (C=O) groups is 1. The molecule has 32 heavy (non-hydrogen) atoms. The Morgan fingerprint density at radius 3 is 2.94 bits per heavy atom. The summed E-state index contributed by atoms with van der Waals surface area (Å²) in [6.45, 7) is 6.73. The lowest BCUT2D eigenvalue weighted by Crippen LogP contribution is -2.52. The minimum atomic E-state index is -0.357. The summed E-state index contributed by atoms with van der Waals surface area (Å²) in [5, 5.41) is 2.04. The minimum Gasteiger partial charge on any atom is -0.373 e. The van der Waals surface area contributed by atoms with Crippen LogP contribution in [0.4, 0.5) is 10.1 Å². The molecule has 1 aromatic heterocycles. The quantitative estimate of drug-likeness (QED) is 0.624. The standard InChI is InChI=1S/C25H28FN3O2S/c1-16-15-29(21-4-2-3-17-13-18(26)5-6-19(17)21)11-10-28(16)9-7-22-20-14-24(25(27)30)32-23(20)8-12-31-22/h2-6,13-14,16,22H,7-12,15H2,1H3,(H2,27,30)/t16-,22?/m0/s1. The molecular formula is C25H28FN3O2S. The van der Waals surface area contributed by atoms with Gasteiger partial charge >= 0.3 is 0 Å². The Kier molecular flexibility index (Phi) is 5.88. The van der Waals surface area contributed by atoms with E-state index < -0.39 is 0 Å². The topological polar surface area (TPSA) is 58.8 Å². The second-order valence-electron chi connectivity index (χ2n) is 8.73. The Bertz CT molecular complexity index is 1150. The molecule has 3 aromatic rings. The summed E-state index contributed by atoms with van der Waals surface area (Å²) in [5.41, 5.74) is 7.80. The van der Waals surface area contributed by atoms with Crippen molar-refractivity contribution in [3.05, 3.63) is 63.6 Å². The summed E-state index contributed by atoms with van der Waals surface area (Å²) in [6.07, 6.45) is 1.79. The van der Waals surface area contributed by atoms with Crippen molar-refractivity contribution in [2.24, 2.45) is 5.73 Å². The number of hydrogen-bond donors (Lipinski definition) is 1. The maximum absolute atomic E-state index is 13.6. The van der Waals surface area contributed by atoms with E-state index >= 15 is 0 Å². The van der Waals surface area contributed by atoms with Crippen LogP contribution in [0, 0.1) is 5.82 Å². The van der Waals surface area contributed by atoms with Crippen molar-refractivity contribution < 1.29 is 13.9 Å². The lowest BCUT2D eigenvalue weighted by Gasteiger charge is -2.42. The van der Waals surface area contributed by atoms with Gasteiger partial charge in [-0.05, 0) is 54.6 Å². The van der Waals surface area contributed by atoms with Crippen LogP contribution in [0.1, 0.15) is 39.6 Å². The Hall–Kier alpha value is -2.48. The molecule has 0 aliphatic carbocycles. The van der Waals surface area contributed by atoms with Gasteiger partial charge in [-0.15, -0.1) is 11.3 Å². The fourth-order valence-corrected chi connectivity index (χ4v) is 6.04. The van der Waals surface area contributed by atoms with Crippen LogP contribution >= 0.6 is 11.3 Å². The van der Waals surface area contributed by atoms with Gasteiger partial charge in [0.25, 0.3) is 5.91 Å². The third-order valence-electron chi connectivity index (χ3n) is 6.68. The van der Waals surface area contributed by atoms with E-state index in [1.165, 1.54) is 28.0 Å². The first-order valence-electron chi connectivity index (χ1n) is 11.2. The summed E-state index contributed by atoms with van der Waals surface area (Å²) in [6, 6.07) is 13.5. The van der Waals surface area contributed by atoms with Gasteiger partial charge in [0.15, 0.2) is 0 Å². The molecule has 2 aliphatic heterocycles. The molecule has 5 nitrogen and oxygen atoms in total. The molecule has 0 bridgehead atoms. The molecular weight excluding hydrogens is 425 g/mol. The Balaban J connectivity index is 1.24. The summed E-state index contributed by atoms with van der Waals surface area (Å²) >= 11 is 1.51. The third-order valence-corrected chi connectivity index (χ3v) is 7.91. The van der Waals surface area contributed by atoms with Gasteiger partial charge in [0.05, 0.1) is 17.6 Å². The highest BCUT2D eigenvalue weighted by atomic mass is 32.1. The molecule has 0 radical (unpaired) electrons. The van der Waals surface area contributed by atoms with Gasteiger partial charge in [-0.3, -0.25) is 9.69 Å². The highest BCUT2D eigenvalue weighted by molar-refractivity contribution is 7.14. The van der Waals surface area contributed by atoms with Crippen LogP contribution < -0.4 is 10.6 Å². The number of halogens is 1. The van der Waals surface area contributed by atoms with Gasteiger partial charge < -0.3 is 15.4 Å². The van der Waals surface area contributed by atoms with Crippen LogP contribution in [0.25, 0.3) is 10.8 Å². The number of thiophene rings is 1. The number of fused-ring (bicyclic) bond motifs is 2. The molecule has 1 saturated heterocycles. The van der Waals surface area contributed by atoms with Crippen molar-refractivity contribution >= 4 is 33.7 Å². The molecule has 1 amide bonds.